The summed E-state index contributed by atoms with van der Waals surface area (Å²) in [7, 11) is -1.96. The van der Waals surface area contributed by atoms with Gasteiger partial charge in [0.25, 0.3) is 0 Å². The van der Waals surface area contributed by atoms with Crippen LogP contribution in [0.15, 0.2) is 245 Å². The molecule has 0 aliphatic carbocycles. The van der Waals surface area contributed by atoms with Gasteiger partial charge in [0.2, 0.25) is 0 Å². The number of nitrogens with zero attached hydrogens (tertiary/aromatic N) is 1. The summed E-state index contributed by atoms with van der Waals surface area (Å²) < 4.78 is 13.3. The van der Waals surface area contributed by atoms with Gasteiger partial charge in [0.15, 0.2) is 0 Å². The lowest BCUT2D eigenvalue weighted by atomic mass is 9.84. The van der Waals surface area contributed by atoms with Gasteiger partial charge in [0.1, 0.15) is 30.4 Å². The minimum atomic E-state index is -1.96. The third-order valence-corrected chi connectivity index (χ3v) is 18.5. The highest BCUT2D eigenvalue weighted by molar-refractivity contribution is 7.04. The maximum atomic E-state index is 6.68. The Bertz CT molecular complexity index is 4200. The molecule has 0 N–H and O–H groups in total. The molecular weight excluding hydrogens is 867 g/mol. The minimum absolute atomic E-state index is 0.857. The molecule has 0 unspecified atom stereocenters. The predicted molar refractivity (Wildman–Crippen MR) is 297 cm³/mol. The Balaban J connectivity index is 1.01. The zero-order chi connectivity index (χ0) is 46.5. The lowest BCUT2D eigenvalue weighted by molar-refractivity contribution is 0.668. The van der Waals surface area contributed by atoms with Gasteiger partial charge >= 0.3 is 0 Å². The van der Waals surface area contributed by atoms with Crippen LogP contribution in [0.1, 0.15) is 0 Å². The van der Waals surface area contributed by atoms with Gasteiger partial charge in [-0.3, -0.25) is 0 Å². The minimum Gasteiger partial charge on any atom is -0.456 e. The van der Waals surface area contributed by atoms with Crippen LogP contribution in [0.2, 0.25) is 13.1 Å². The molecule has 0 fully saturated rings. The summed E-state index contributed by atoms with van der Waals surface area (Å²) in [6.07, 6.45) is 0. The number of hydrogen-bond donors (Lipinski definition) is 0. The van der Waals surface area contributed by atoms with Gasteiger partial charge in [0.05, 0.1) is 5.69 Å². The number of anilines is 3. The topological polar surface area (TPSA) is 29.5 Å². The number of rotatable bonds is 7. The fourth-order valence-electron chi connectivity index (χ4n) is 11.7. The highest BCUT2D eigenvalue weighted by Gasteiger charge is 2.39. The fraction of sp³-hybridized carbons (Fsp3) is 0.0303. The third-order valence-electron chi connectivity index (χ3n) is 14.9. The van der Waals surface area contributed by atoms with E-state index in [2.05, 4.69) is 255 Å². The second kappa shape index (κ2) is 15.7. The Kier molecular flexibility index (Phi) is 9.04. The first-order valence-corrected chi connectivity index (χ1v) is 27.2. The van der Waals surface area contributed by atoms with E-state index in [0.29, 0.717) is 0 Å². The van der Waals surface area contributed by atoms with Crippen LogP contribution in [0.3, 0.4) is 0 Å². The maximum Gasteiger partial charge on any atom is 0.136 e. The average Bonchev–Trinajstić information content (AvgIpc) is 4.06. The van der Waals surface area contributed by atoms with Crippen molar-refractivity contribution in [2.45, 2.75) is 13.1 Å². The van der Waals surface area contributed by atoms with Crippen molar-refractivity contribution in [2.75, 3.05) is 4.90 Å². The zero-order valence-corrected chi connectivity index (χ0v) is 39.8. The molecule has 2 aromatic heterocycles. The van der Waals surface area contributed by atoms with Crippen molar-refractivity contribution >= 4 is 90.2 Å². The molecule has 1 aliphatic rings. The van der Waals surface area contributed by atoms with Gasteiger partial charge in [-0.25, -0.2) is 0 Å². The molecule has 0 saturated carbocycles. The largest absolute Gasteiger partial charge is 0.456 e. The van der Waals surface area contributed by atoms with E-state index in [1.165, 1.54) is 54.7 Å². The summed E-state index contributed by atoms with van der Waals surface area (Å²) in [6.45, 7) is 4.98. The Labute approximate surface area is 407 Å². The van der Waals surface area contributed by atoms with Crippen LogP contribution in [0, 0.1) is 0 Å². The van der Waals surface area contributed by atoms with Crippen LogP contribution >= 0.6 is 0 Å². The van der Waals surface area contributed by atoms with Gasteiger partial charge in [-0.05, 0) is 127 Å². The van der Waals surface area contributed by atoms with E-state index in [9.17, 15) is 0 Å². The van der Waals surface area contributed by atoms with Gasteiger partial charge in [-0.1, -0.05) is 183 Å². The lowest BCUT2D eigenvalue weighted by Crippen LogP contribution is -2.49. The van der Waals surface area contributed by atoms with Crippen molar-refractivity contribution in [3.05, 3.63) is 237 Å². The Morgan fingerprint density at radius 1 is 0.314 bits per heavy atom. The molecule has 0 saturated heterocycles. The van der Waals surface area contributed by atoms with E-state index in [0.717, 1.165) is 83.1 Å². The molecule has 70 heavy (non-hydrogen) atoms. The summed E-state index contributed by atoms with van der Waals surface area (Å²) in [4.78, 5) is 2.47. The summed E-state index contributed by atoms with van der Waals surface area (Å²) in [5.74, 6) is 0. The van der Waals surface area contributed by atoms with E-state index < -0.39 is 8.07 Å². The molecule has 330 valence electrons. The number of para-hydroxylation sites is 2. The molecule has 0 spiro atoms. The molecule has 11 aromatic carbocycles. The van der Waals surface area contributed by atoms with Crippen molar-refractivity contribution in [1.29, 1.82) is 0 Å². The first-order valence-electron chi connectivity index (χ1n) is 24.2. The normalized spacial score (nSPS) is 12.8. The standard InChI is InChI=1S/C66H45NO2Si/c1-70(2)60-28-13-10-23-54(60)64-55(25-15-29-61(64)70)67(46-34-30-43(31-35-46)42-16-4-3-5-17-42)47-36-32-45(33-37-47)62-50(38-40-58-65(62)52-21-8-11-26-56(52)68-58)51-39-41-59-66(53-22-9-12-27-57(53)69-59)63(51)49-24-14-19-44-18-6-7-20-48(44)49/h3-41H,1-2H3. The summed E-state index contributed by atoms with van der Waals surface area (Å²) >= 11 is 0. The number of fused-ring (bicyclic) bond motifs is 10. The predicted octanol–water partition coefficient (Wildman–Crippen LogP) is 17.6. The van der Waals surface area contributed by atoms with Gasteiger partial charge in [0, 0.05) is 49.6 Å². The fourth-order valence-corrected chi connectivity index (χ4v) is 14.8. The molecular formula is C66H45NO2Si. The van der Waals surface area contributed by atoms with Gasteiger partial charge in [-0.2, -0.15) is 0 Å². The maximum absolute atomic E-state index is 6.68. The van der Waals surface area contributed by atoms with E-state index in [1.807, 2.05) is 0 Å². The molecule has 1 aliphatic heterocycles. The number of benzene rings is 11. The monoisotopic (exact) mass is 911 g/mol. The average molecular weight is 912 g/mol. The highest BCUT2D eigenvalue weighted by Crippen LogP contribution is 2.51. The molecule has 13 aromatic rings. The van der Waals surface area contributed by atoms with Crippen LogP contribution in [-0.4, -0.2) is 8.07 Å². The van der Waals surface area contributed by atoms with Gasteiger partial charge < -0.3 is 13.7 Å². The van der Waals surface area contributed by atoms with Crippen molar-refractivity contribution in [3.63, 3.8) is 0 Å². The van der Waals surface area contributed by atoms with Crippen molar-refractivity contribution in [2.24, 2.45) is 0 Å². The summed E-state index contributed by atoms with van der Waals surface area (Å²) in [5, 5.41) is 9.75. The molecule has 0 radical (unpaired) electrons. The lowest BCUT2D eigenvalue weighted by Gasteiger charge is -2.29. The smallest absolute Gasteiger partial charge is 0.136 e. The van der Waals surface area contributed by atoms with Crippen molar-refractivity contribution in [3.8, 4) is 55.6 Å². The van der Waals surface area contributed by atoms with E-state index in [-0.39, 0.29) is 0 Å². The molecule has 4 heteroatoms. The Morgan fingerprint density at radius 3 is 1.51 bits per heavy atom. The molecule has 14 rings (SSSR count). The molecule has 0 amide bonds. The number of furan rings is 2. The molecule has 0 bridgehead atoms. The quantitative estimate of drug-likeness (QED) is 0.149. The van der Waals surface area contributed by atoms with Crippen molar-refractivity contribution in [1.82, 2.24) is 0 Å². The van der Waals surface area contributed by atoms with E-state index >= 15 is 0 Å². The SMILES string of the molecule is C[Si]1(C)c2ccccc2-c2c(N(c3ccc(-c4ccccc4)cc3)c3ccc(-c4c(-c5ccc6oc7ccccc7c6c5-c5cccc6ccccc56)ccc5oc6ccccc6c45)cc3)cccc21. The van der Waals surface area contributed by atoms with Crippen LogP contribution in [0.5, 0.6) is 0 Å². The molecule has 0 atom stereocenters. The molecule has 3 heterocycles. The van der Waals surface area contributed by atoms with Gasteiger partial charge in [-0.15, -0.1) is 0 Å². The van der Waals surface area contributed by atoms with Crippen LogP contribution in [-0.2, 0) is 0 Å². The summed E-state index contributed by atoms with van der Waals surface area (Å²) in [6, 6.07) is 86.1. The number of hydrogen-bond acceptors (Lipinski definition) is 3. The second-order valence-corrected chi connectivity index (χ2v) is 23.4. The zero-order valence-electron chi connectivity index (χ0n) is 38.8. The third kappa shape index (κ3) is 6.13. The Hall–Kier alpha value is -8.70. The van der Waals surface area contributed by atoms with E-state index in [1.54, 1.807) is 0 Å². The summed E-state index contributed by atoms with van der Waals surface area (Å²) in [5.41, 5.74) is 18.7. The van der Waals surface area contributed by atoms with Crippen molar-refractivity contribution < 1.29 is 8.83 Å². The molecule has 3 nitrogen and oxygen atoms in total. The Morgan fingerprint density at radius 2 is 0.814 bits per heavy atom. The first-order chi connectivity index (χ1) is 34.5. The first kappa shape index (κ1) is 40.4. The highest BCUT2D eigenvalue weighted by atomic mass is 28.3. The van der Waals surface area contributed by atoms with Crippen LogP contribution in [0.4, 0.5) is 17.1 Å². The second-order valence-electron chi connectivity index (χ2n) is 19.1. The van der Waals surface area contributed by atoms with Crippen LogP contribution in [0.25, 0.3) is 110 Å². The van der Waals surface area contributed by atoms with E-state index in [4.69, 9.17) is 8.83 Å². The van der Waals surface area contributed by atoms with Crippen LogP contribution < -0.4 is 15.3 Å².